The third-order valence-electron chi connectivity index (χ3n) is 2.91. The Labute approximate surface area is 111 Å². The molecule has 0 saturated carbocycles. The minimum absolute atomic E-state index is 0.677. The first-order chi connectivity index (χ1) is 9.31. The molecule has 0 aliphatic rings. The number of rotatable bonds is 5. The van der Waals surface area contributed by atoms with Crippen LogP contribution in [0.4, 0.5) is 5.95 Å². The van der Waals surface area contributed by atoms with E-state index in [0.717, 1.165) is 25.2 Å². The van der Waals surface area contributed by atoms with Gasteiger partial charge in [-0.15, -0.1) is 5.10 Å². The van der Waals surface area contributed by atoms with Crippen LogP contribution in [0.1, 0.15) is 12.0 Å². The minimum Gasteiger partial charge on any atom is -0.353 e. The van der Waals surface area contributed by atoms with Gasteiger partial charge in [-0.1, -0.05) is 6.07 Å². The first-order valence-corrected chi connectivity index (χ1v) is 6.34. The van der Waals surface area contributed by atoms with E-state index in [4.69, 9.17) is 0 Å². The Kier molecular flexibility index (Phi) is 3.14. The lowest BCUT2D eigenvalue weighted by Crippen LogP contribution is -2.06. The molecule has 3 aromatic heterocycles. The van der Waals surface area contributed by atoms with Crippen molar-refractivity contribution < 1.29 is 0 Å². The average Bonchev–Trinajstić information content (AvgIpc) is 3.02. The maximum absolute atomic E-state index is 4.41. The fraction of sp³-hybridized carbons (Fsp3) is 0.308. The highest BCUT2D eigenvalue weighted by Gasteiger charge is 2.02. The van der Waals surface area contributed by atoms with Gasteiger partial charge in [0.2, 0.25) is 5.95 Å². The molecule has 0 bridgehead atoms. The normalized spacial score (nSPS) is 11.0. The summed E-state index contributed by atoms with van der Waals surface area (Å²) in [7, 11) is 0. The van der Waals surface area contributed by atoms with E-state index in [1.54, 1.807) is 10.7 Å². The number of imidazole rings is 1. The number of aryl methyl sites for hydroxylation is 2. The Bertz CT molecular complexity index is 655. The van der Waals surface area contributed by atoms with Crippen LogP contribution in [0.3, 0.4) is 0 Å². The second-order valence-electron chi connectivity index (χ2n) is 4.53. The van der Waals surface area contributed by atoms with E-state index in [1.807, 2.05) is 37.8 Å². The number of aromatic nitrogens is 5. The zero-order chi connectivity index (χ0) is 13.1. The van der Waals surface area contributed by atoms with Crippen LogP contribution in [0, 0.1) is 6.92 Å². The molecule has 0 unspecified atom stereocenters. The highest BCUT2D eigenvalue weighted by atomic mass is 15.3. The fourth-order valence-electron chi connectivity index (χ4n) is 1.94. The number of hydrogen-bond acceptors (Lipinski definition) is 4. The lowest BCUT2D eigenvalue weighted by atomic mass is 10.3. The van der Waals surface area contributed by atoms with Crippen LogP contribution in [-0.2, 0) is 6.54 Å². The molecule has 0 aliphatic heterocycles. The molecule has 3 heterocycles. The van der Waals surface area contributed by atoms with Gasteiger partial charge in [-0.3, -0.25) is 0 Å². The highest BCUT2D eigenvalue weighted by molar-refractivity contribution is 5.43. The second-order valence-corrected chi connectivity index (χ2v) is 4.53. The summed E-state index contributed by atoms with van der Waals surface area (Å²) in [6.45, 7) is 3.83. The Hall–Kier alpha value is -2.37. The van der Waals surface area contributed by atoms with Gasteiger partial charge in [-0.25, -0.2) is 9.50 Å². The lowest BCUT2D eigenvalue weighted by Gasteiger charge is -2.02. The van der Waals surface area contributed by atoms with Gasteiger partial charge >= 0.3 is 0 Å². The van der Waals surface area contributed by atoms with E-state index in [2.05, 4.69) is 25.0 Å². The zero-order valence-electron chi connectivity index (χ0n) is 10.8. The SMILES string of the molecule is Cc1ccc2nc(NCCCn3ccnc3)nn2c1. The van der Waals surface area contributed by atoms with Crippen molar-refractivity contribution in [3.05, 3.63) is 42.6 Å². The van der Waals surface area contributed by atoms with Gasteiger partial charge in [0, 0.05) is 31.7 Å². The second kappa shape index (κ2) is 5.09. The molecule has 19 heavy (non-hydrogen) atoms. The number of fused-ring (bicyclic) bond motifs is 1. The monoisotopic (exact) mass is 256 g/mol. The third kappa shape index (κ3) is 2.73. The summed E-state index contributed by atoms with van der Waals surface area (Å²) in [6, 6.07) is 4.01. The molecule has 0 spiro atoms. The van der Waals surface area contributed by atoms with Gasteiger partial charge in [-0.05, 0) is 25.0 Å². The van der Waals surface area contributed by atoms with E-state index in [0.29, 0.717) is 5.95 Å². The molecule has 6 heteroatoms. The van der Waals surface area contributed by atoms with Gasteiger partial charge in [0.25, 0.3) is 0 Å². The van der Waals surface area contributed by atoms with Crippen LogP contribution in [0.15, 0.2) is 37.1 Å². The maximum Gasteiger partial charge on any atom is 0.243 e. The quantitative estimate of drug-likeness (QED) is 0.706. The summed E-state index contributed by atoms with van der Waals surface area (Å²) < 4.78 is 3.86. The van der Waals surface area contributed by atoms with E-state index in [-0.39, 0.29) is 0 Å². The maximum atomic E-state index is 4.41. The third-order valence-corrected chi connectivity index (χ3v) is 2.91. The summed E-state index contributed by atoms with van der Waals surface area (Å²) in [6.07, 6.45) is 8.56. The molecular weight excluding hydrogens is 240 g/mol. The van der Waals surface area contributed by atoms with Crippen LogP contribution in [0.2, 0.25) is 0 Å². The van der Waals surface area contributed by atoms with E-state index < -0.39 is 0 Å². The van der Waals surface area contributed by atoms with Gasteiger partial charge in [-0.2, -0.15) is 4.98 Å². The topological polar surface area (TPSA) is 60.0 Å². The predicted octanol–water partition coefficient (Wildman–Crippen LogP) is 1.74. The molecule has 0 atom stereocenters. The smallest absolute Gasteiger partial charge is 0.243 e. The van der Waals surface area contributed by atoms with Crippen molar-refractivity contribution in [2.24, 2.45) is 0 Å². The standard InChI is InChI=1S/C13H16N6/c1-11-3-4-12-16-13(17-19(12)9-11)15-5-2-7-18-8-6-14-10-18/h3-4,6,8-10H,2,5,7H2,1H3,(H,15,17). The molecule has 1 N–H and O–H groups in total. The number of nitrogens with zero attached hydrogens (tertiary/aromatic N) is 5. The van der Waals surface area contributed by atoms with E-state index >= 15 is 0 Å². The summed E-state index contributed by atoms with van der Waals surface area (Å²) in [4.78, 5) is 8.42. The molecule has 0 aromatic carbocycles. The zero-order valence-corrected chi connectivity index (χ0v) is 10.8. The van der Waals surface area contributed by atoms with Crippen LogP contribution < -0.4 is 5.32 Å². The van der Waals surface area contributed by atoms with Crippen LogP contribution in [0.5, 0.6) is 0 Å². The molecule has 98 valence electrons. The predicted molar refractivity (Wildman–Crippen MR) is 73.1 cm³/mol. The van der Waals surface area contributed by atoms with Crippen molar-refractivity contribution in [1.82, 2.24) is 24.1 Å². The molecule has 6 nitrogen and oxygen atoms in total. The lowest BCUT2D eigenvalue weighted by molar-refractivity contribution is 0.659. The molecule has 0 saturated heterocycles. The van der Waals surface area contributed by atoms with Gasteiger partial charge in [0.05, 0.1) is 6.33 Å². The number of pyridine rings is 1. The first kappa shape index (κ1) is 11.7. The summed E-state index contributed by atoms with van der Waals surface area (Å²) in [5.41, 5.74) is 2.03. The van der Waals surface area contributed by atoms with Gasteiger partial charge in [0.1, 0.15) is 0 Å². The van der Waals surface area contributed by atoms with Crippen molar-refractivity contribution in [2.75, 3.05) is 11.9 Å². The summed E-state index contributed by atoms with van der Waals surface area (Å²) in [5, 5.41) is 7.62. The summed E-state index contributed by atoms with van der Waals surface area (Å²) >= 11 is 0. The number of nitrogens with one attached hydrogen (secondary N) is 1. The largest absolute Gasteiger partial charge is 0.353 e. The first-order valence-electron chi connectivity index (χ1n) is 6.34. The van der Waals surface area contributed by atoms with Crippen molar-refractivity contribution in [1.29, 1.82) is 0 Å². The number of hydrogen-bond donors (Lipinski definition) is 1. The van der Waals surface area contributed by atoms with Crippen molar-refractivity contribution in [3.63, 3.8) is 0 Å². The Morgan fingerprint density at radius 3 is 3.11 bits per heavy atom. The Balaban J connectivity index is 1.56. The molecule has 3 aromatic rings. The Morgan fingerprint density at radius 2 is 2.26 bits per heavy atom. The van der Waals surface area contributed by atoms with Crippen LogP contribution in [0.25, 0.3) is 5.65 Å². The van der Waals surface area contributed by atoms with Crippen molar-refractivity contribution in [2.45, 2.75) is 19.9 Å². The van der Waals surface area contributed by atoms with Crippen molar-refractivity contribution >= 4 is 11.6 Å². The summed E-state index contributed by atoms with van der Waals surface area (Å²) in [5.74, 6) is 0.677. The van der Waals surface area contributed by atoms with E-state index in [1.165, 1.54) is 5.56 Å². The average molecular weight is 256 g/mol. The number of anilines is 1. The molecule has 0 fully saturated rings. The van der Waals surface area contributed by atoms with Crippen LogP contribution >= 0.6 is 0 Å². The molecule has 0 aliphatic carbocycles. The Morgan fingerprint density at radius 1 is 1.32 bits per heavy atom. The van der Waals surface area contributed by atoms with Crippen LogP contribution in [-0.4, -0.2) is 30.7 Å². The molecule has 0 amide bonds. The van der Waals surface area contributed by atoms with Gasteiger partial charge < -0.3 is 9.88 Å². The van der Waals surface area contributed by atoms with Gasteiger partial charge in [0.15, 0.2) is 5.65 Å². The van der Waals surface area contributed by atoms with E-state index in [9.17, 15) is 0 Å². The van der Waals surface area contributed by atoms with Crippen molar-refractivity contribution in [3.8, 4) is 0 Å². The highest BCUT2D eigenvalue weighted by Crippen LogP contribution is 2.07. The fourth-order valence-corrected chi connectivity index (χ4v) is 1.94. The minimum atomic E-state index is 0.677. The molecular formula is C13H16N6. The molecule has 3 rings (SSSR count). The molecule has 0 radical (unpaired) electrons.